The number of hydrogen-bond acceptors (Lipinski definition) is 5. The van der Waals surface area contributed by atoms with E-state index >= 15 is 0 Å². The van der Waals surface area contributed by atoms with Gasteiger partial charge in [-0.15, -0.1) is 0 Å². The zero-order valence-corrected chi connectivity index (χ0v) is 16.5. The lowest BCUT2D eigenvalue weighted by Crippen LogP contribution is -2.35. The molecular formula is C19H30N2O5. The Kier molecular flexibility index (Phi) is 8.22. The lowest BCUT2D eigenvalue weighted by molar-refractivity contribution is -0.120. The van der Waals surface area contributed by atoms with Gasteiger partial charge in [0, 0.05) is 19.5 Å². The Morgan fingerprint density at radius 1 is 1.00 bits per heavy atom. The summed E-state index contributed by atoms with van der Waals surface area (Å²) in [6.07, 6.45) is 0.355. The number of hydrogen-bond donors (Lipinski definition) is 2. The summed E-state index contributed by atoms with van der Waals surface area (Å²) in [5.74, 6) is 1.23. The molecule has 0 saturated heterocycles. The smallest absolute Gasteiger partial charge is 0.407 e. The van der Waals surface area contributed by atoms with Crippen LogP contribution in [0.2, 0.25) is 0 Å². The minimum atomic E-state index is -0.552. The lowest BCUT2D eigenvalue weighted by Gasteiger charge is -2.19. The third-order valence-corrected chi connectivity index (χ3v) is 3.58. The van der Waals surface area contributed by atoms with E-state index in [0.717, 1.165) is 11.1 Å². The second kappa shape index (κ2) is 9.89. The van der Waals surface area contributed by atoms with Crippen molar-refractivity contribution in [1.82, 2.24) is 10.6 Å². The SMILES string of the molecule is COc1cc(C)c(CCNC(=O)CCNC(=O)OC(C)(C)C)cc1OC. The average molecular weight is 366 g/mol. The molecule has 0 saturated carbocycles. The maximum absolute atomic E-state index is 11.9. The third-order valence-electron chi connectivity index (χ3n) is 3.58. The molecule has 0 aromatic heterocycles. The second-order valence-electron chi connectivity index (χ2n) is 6.91. The number of methoxy groups -OCH3 is 2. The zero-order chi connectivity index (χ0) is 19.7. The van der Waals surface area contributed by atoms with E-state index in [9.17, 15) is 9.59 Å². The molecule has 0 atom stereocenters. The maximum Gasteiger partial charge on any atom is 0.407 e. The molecule has 26 heavy (non-hydrogen) atoms. The summed E-state index contributed by atoms with van der Waals surface area (Å²) in [6.45, 7) is 8.09. The van der Waals surface area contributed by atoms with Crippen molar-refractivity contribution in [2.45, 2.75) is 46.1 Å². The van der Waals surface area contributed by atoms with Crippen molar-refractivity contribution in [1.29, 1.82) is 0 Å². The quantitative estimate of drug-likeness (QED) is 0.739. The molecular weight excluding hydrogens is 336 g/mol. The van der Waals surface area contributed by atoms with Gasteiger partial charge in [0.1, 0.15) is 5.60 Å². The van der Waals surface area contributed by atoms with Gasteiger partial charge in [0.05, 0.1) is 14.2 Å². The van der Waals surface area contributed by atoms with E-state index in [1.807, 2.05) is 19.1 Å². The summed E-state index contributed by atoms with van der Waals surface area (Å²) in [6, 6.07) is 3.84. The Hall–Kier alpha value is -2.44. The number of alkyl carbamates (subject to hydrolysis) is 1. The van der Waals surface area contributed by atoms with Gasteiger partial charge in [-0.3, -0.25) is 4.79 Å². The van der Waals surface area contributed by atoms with Crippen LogP contribution >= 0.6 is 0 Å². The van der Waals surface area contributed by atoms with Gasteiger partial charge in [0.2, 0.25) is 5.91 Å². The number of benzene rings is 1. The van der Waals surface area contributed by atoms with Crippen molar-refractivity contribution in [2.75, 3.05) is 27.3 Å². The molecule has 0 spiro atoms. The van der Waals surface area contributed by atoms with Gasteiger partial charge in [-0.05, 0) is 57.4 Å². The molecule has 146 valence electrons. The highest BCUT2D eigenvalue weighted by atomic mass is 16.6. The van der Waals surface area contributed by atoms with Crippen LogP contribution in [-0.2, 0) is 16.0 Å². The lowest BCUT2D eigenvalue weighted by atomic mass is 10.0. The molecule has 2 amide bonds. The van der Waals surface area contributed by atoms with E-state index < -0.39 is 11.7 Å². The summed E-state index contributed by atoms with van der Waals surface area (Å²) >= 11 is 0. The number of aryl methyl sites for hydroxylation is 1. The summed E-state index contributed by atoms with van der Waals surface area (Å²) < 4.78 is 15.7. The molecule has 1 rings (SSSR count). The van der Waals surface area contributed by atoms with Gasteiger partial charge in [0.25, 0.3) is 0 Å². The summed E-state index contributed by atoms with van der Waals surface area (Å²) in [5.41, 5.74) is 1.60. The van der Waals surface area contributed by atoms with E-state index in [1.54, 1.807) is 35.0 Å². The normalized spacial score (nSPS) is 10.8. The molecule has 7 heteroatoms. The molecule has 1 aromatic rings. The van der Waals surface area contributed by atoms with Gasteiger partial charge in [-0.1, -0.05) is 0 Å². The fourth-order valence-electron chi connectivity index (χ4n) is 2.31. The Balaban J connectivity index is 2.37. The molecule has 0 heterocycles. The molecule has 0 fully saturated rings. The Morgan fingerprint density at radius 2 is 1.62 bits per heavy atom. The first-order valence-corrected chi connectivity index (χ1v) is 8.61. The molecule has 0 bridgehead atoms. The van der Waals surface area contributed by atoms with Crippen LogP contribution in [0.15, 0.2) is 12.1 Å². The summed E-state index contributed by atoms with van der Waals surface area (Å²) in [5, 5.41) is 5.41. The Labute approximate surface area is 155 Å². The van der Waals surface area contributed by atoms with Crippen LogP contribution in [0.1, 0.15) is 38.3 Å². The molecule has 0 aliphatic heterocycles. The van der Waals surface area contributed by atoms with Crippen LogP contribution in [0, 0.1) is 6.92 Å². The van der Waals surface area contributed by atoms with Crippen molar-refractivity contribution in [2.24, 2.45) is 0 Å². The molecule has 2 N–H and O–H groups in total. The molecule has 1 aromatic carbocycles. The number of ether oxygens (including phenoxy) is 3. The van der Waals surface area contributed by atoms with E-state index in [-0.39, 0.29) is 18.9 Å². The van der Waals surface area contributed by atoms with Gasteiger partial charge in [0.15, 0.2) is 11.5 Å². The molecule has 0 aliphatic rings. The Bertz CT molecular complexity index is 623. The van der Waals surface area contributed by atoms with Gasteiger partial charge >= 0.3 is 6.09 Å². The Morgan fingerprint density at radius 3 is 2.19 bits per heavy atom. The molecule has 0 radical (unpaired) electrons. The maximum atomic E-state index is 11.9. The van der Waals surface area contributed by atoms with Gasteiger partial charge in [-0.2, -0.15) is 0 Å². The van der Waals surface area contributed by atoms with E-state index in [1.165, 1.54) is 0 Å². The van der Waals surface area contributed by atoms with Gasteiger partial charge in [-0.25, -0.2) is 4.79 Å². The average Bonchev–Trinajstić information content (AvgIpc) is 2.54. The number of amides is 2. The number of carbonyl (C=O) groups is 2. The van der Waals surface area contributed by atoms with Crippen LogP contribution in [0.5, 0.6) is 11.5 Å². The fourth-order valence-corrected chi connectivity index (χ4v) is 2.31. The predicted octanol–water partition coefficient (Wildman–Crippen LogP) is 2.59. The second-order valence-corrected chi connectivity index (χ2v) is 6.91. The highest BCUT2D eigenvalue weighted by Crippen LogP contribution is 2.30. The van der Waals surface area contributed by atoms with Crippen molar-refractivity contribution >= 4 is 12.0 Å². The molecule has 0 unspecified atom stereocenters. The van der Waals surface area contributed by atoms with Crippen molar-refractivity contribution in [3.05, 3.63) is 23.3 Å². The predicted molar refractivity (Wildman–Crippen MR) is 99.9 cm³/mol. The van der Waals surface area contributed by atoms with Crippen LogP contribution in [0.4, 0.5) is 4.79 Å². The highest BCUT2D eigenvalue weighted by Gasteiger charge is 2.16. The van der Waals surface area contributed by atoms with E-state index in [2.05, 4.69) is 10.6 Å². The largest absolute Gasteiger partial charge is 0.493 e. The summed E-state index contributed by atoms with van der Waals surface area (Å²) in [7, 11) is 3.19. The molecule has 0 aliphatic carbocycles. The zero-order valence-electron chi connectivity index (χ0n) is 16.5. The number of carbonyl (C=O) groups excluding carboxylic acids is 2. The minimum absolute atomic E-state index is 0.126. The first-order valence-electron chi connectivity index (χ1n) is 8.61. The monoisotopic (exact) mass is 366 g/mol. The topological polar surface area (TPSA) is 85.9 Å². The van der Waals surface area contributed by atoms with E-state index in [0.29, 0.717) is 24.5 Å². The van der Waals surface area contributed by atoms with Gasteiger partial charge < -0.3 is 24.8 Å². The first-order chi connectivity index (χ1) is 12.2. The minimum Gasteiger partial charge on any atom is -0.493 e. The fraction of sp³-hybridized carbons (Fsp3) is 0.579. The summed E-state index contributed by atoms with van der Waals surface area (Å²) in [4.78, 5) is 23.4. The van der Waals surface area contributed by atoms with Crippen molar-refractivity contribution in [3.63, 3.8) is 0 Å². The van der Waals surface area contributed by atoms with Crippen LogP contribution < -0.4 is 20.1 Å². The van der Waals surface area contributed by atoms with Crippen molar-refractivity contribution in [3.8, 4) is 11.5 Å². The van der Waals surface area contributed by atoms with E-state index in [4.69, 9.17) is 14.2 Å². The number of nitrogens with one attached hydrogen (secondary N) is 2. The highest BCUT2D eigenvalue weighted by molar-refractivity contribution is 5.77. The standard InChI is InChI=1S/C19H30N2O5/c1-13-11-15(24-5)16(25-6)12-14(13)7-9-20-17(22)8-10-21-18(23)26-19(2,3)4/h11-12H,7-10H2,1-6H3,(H,20,22)(H,21,23). The van der Waals surface area contributed by atoms with Crippen LogP contribution in [0.3, 0.4) is 0 Å². The van der Waals surface area contributed by atoms with Crippen LogP contribution in [0.25, 0.3) is 0 Å². The van der Waals surface area contributed by atoms with Crippen molar-refractivity contribution < 1.29 is 23.8 Å². The molecule has 7 nitrogen and oxygen atoms in total. The first kappa shape index (κ1) is 21.6. The number of rotatable bonds is 8. The van der Waals surface area contributed by atoms with Crippen LogP contribution in [-0.4, -0.2) is 44.9 Å². The third kappa shape index (κ3) is 7.63.